The molecule has 3 heterocycles. The Labute approximate surface area is 229 Å². The number of fused-ring (bicyclic) bond motifs is 1. The van der Waals surface area contributed by atoms with E-state index < -0.39 is 7.69 Å². The maximum Gasteiger partial charge on any atom is 0.255 e. The van der Waals surface area contributed by atoms with Crippen molar-refractivity contribution in [2.24, 2.45) is 5.92 Å². The minimum Gasteiger partial charge on any atom is -0.495 e. The van der Waals surface area contributed by atoms with Crippen LogP contribution in [-0.2, 0) is 10.9 Å². The first-order valence-electron chi connectivity index (χ1n) is 13.2. The van der Waals surface area contributed by atoms with Gasteiger partial charge in [0.2, 0.25) is 0 Å². The minimum atomic E-state index is -0.694. The van der Waals surface area contributed by atoms with Gasteiger partial charge in [-0.2, -0.15) is 0 Å². The smallest absolute Gasteiger partial charge is 0.255 e. The van der Waals surface area contributed by atoms with Gasteiger partial charge in [-0.1, -0.05) is 11.6 Å². The fourth-order valence-electron chi connectivity index (χ4n) is 5.22. The molecule has 8 nitrogen and oxygen atoms in total. The Kier molecular flexibility index (Phi) is 8.85. The van der Waals surface area contributed by atoms with E-state index >= 15 is 0 Å². The Morgan fingerprint density at radius 2 is 1.84 bits per heavy atom. The summed E-state index contributed by atoms with van der Waals surface area (Å²) in [6.45, 7) is 6.18. The number of carbonyl (C=O) groups excluding carboxylic acids is 2. The molecule has 0 radical (unpaired) electrons. The van der Waals surface area contributed by atoms with Gasteiger partial charge in [-0.15, -0.1) is 0 Å². The van der Waals surface area contributed by atoms with Crippen LogP contribution in [-0.4, -0.2) is 86.0 Å². The van der Waals surface area contributed by atoms with Gasteiger partial charge >= 0.3 is 0 Å². The molecule has 0 aliphatic carbocycles. The van der Waals surface area contributed by atoms with E-state index in [4.69, 9.17) is 25.8 Å². The third kappa shape index (κ3) is 6.32. The van der Waals surface area contributed by atoms with Crippen molar-refractivity contribution in [1.82, 2.24) is 19.9 Å². The van der Waals surface area contributed by atoms with Gasteiger partial charge in [-0.05, 0) is 68.6 Å². The summed E-state index contributed by atoms with van der Waals surface area (Å²) in [6.07, 6.45) is 2.91. The molecule has 1 unspecified atom stereocenters. The van der Waals surface area contributed by atoms with Crippen LogP contribution < -0.4 is 10.1 Å². The molecule has 2 amide bonds. The number of likely N-dealkylation sites (tertiary alicyclic amines) is 1. The third-order valence-corrected chi connectivity index (χ3v) is 9.56. The summed E-state index contributed by atoms with van der Waals surface area (Å²) in [6, 6.07) is 10.8. The highest BCUT2D eigenvalue weighted by molar-refractivity contribution is 7.44. The summed E-state index contributed by atoms with van der Waals surface area (Å²) in [5.74, 6) is 3.25. The number of aromatic nitrogens is 1. The van der Waals surface area contributed by atoms with Gasteiger partial charge in [-0.3, -0.25) is 14.5 Å². The highest BCUT2D eigenvalue weighted by Gasteiger charge is 2.25. The van der Waals surface area contributed by atoms with Gasteiger partial charge in [-0.25, -0.2) is 4.75 Å². The number of piperidine rings is 1. The summed E-state index contributed by atoms with van der Waals surface area (Å²) in [7, 11) is 0.919. The summed E-state index contributed by atoms with van der Waals surface area (Å²) in [4.78, 5) is 30.0. The van der Waals surface area contributed by atoms with Crippen molar-refractivity contribution < 1.29 is 19.1 Å². The molecule has 5 rings (SSSR count). The maximum atomic E-state index is 13.0. The molecule has 202 valence electrons. The van der Waals surface area contributed by atoms with E-state index in [1.807, 2.05) is 17.0 Å². The second-order valence-corrected chi connectivity index (χ2v) is 12.0. The lowest BCUT2D eigenvalue weighted by Gasteiger charge is -2.32. The molecular formula is C28H34ClN4O4P. The largest absolute Gasteiger partial charge is 0.495 e. The van der Waals surface area contributed by atoms with Crippen molar-refractivity contribution in [1.29, 1.82) is 0 Å². The van der Waals surface area contributed by atoms with Crippen LogP contribution in [0.15, 0.2) is 42.2 Å². The fourth-order valence-corrected chi connectivity index (χ4v) is 7.48. The number of ether oxygens (including phenoxy) is 2. The lowest BCUT2D eigenvalue weighted by atomic mass is 9.98. The Morgan fingerprint density at radius 3 is 2.55 bits per heavy atom. The zero-order valence-electron chi connectivity index (χ0n) is 21.7. The van der Waals surface area contributed by atoms with Crippen LogP contribution in [0.2, 0.25) is 5.02 Å². The molecule has 2 saturated heterocycles. The molecule has 0 bridgehead atoms. The molecule has 3 aromatic rings. The first kappa shape index (κ1) is 26.9. The zero-order chi connectivity index (χ0) is 26.5. The highest BCUT2D eigenvalue weighted by Crippen LogP contribution is 2.41. The van der Waals surface area contributed by atoms with E-state index in [1.54, 1.807) is 31.4 Å². The number of hydrogen-bond donors (Lipinski definition) is 1. The van der Waals surface area contributed by atoms with Crippen LogP contribution >= 0.6 is 19.3 Å². The van der Waals surface area contributed by atoms with Crippen molar-refractivity contribution in [2.45, 2.75) is 19.0 Å². The molecule has 2 aliphatic rings. The molecule has 1 N–H and O–H groups in total. The minimum absolute atomic E-state index is 0.0656. The SMILES string of the molecule is COc1c(C(=O)NCCN2CCOCC2)ccc2np(CC3CCN(C(=O)c4ccc(Cl)cc4)CC3)cc12. The number of benzene rings is 2. The molecule has 0 saturated carbocycles. The summed E-state index contributed by atoms with van der Waals surface area (Å²) in [5.41, 5.74) is 2.12. The van der Waals surface area contributed by atoms with E-state index in [0.717, 1.165) is 75.8 Å². The Morgan fingerprint density at radius 1 is 1.11 bits per heavy atom. The quantitative estimate of drug-likeness (QED) is 0.440. The number of nitrogens with zero attached hydrogens (tertiary/aromatic N) is 3. The lowest BCUT2D eigenvalue weighted by Crippen LogP contribution is -2.41. The lowest BCUT2D eigenvalue weighted by molar-refractivity contribution is 0.0383. The number of morpholine rings is 1. The number of nitrogens with one attached hydrogen (secondary N) is 1. The molecule has 1 atom stereocenters. The number of hydrogen-bond acceptors (Lipinski definition) is 6. The average molecular weight is 557 g/mol. The number of halogens is 1. The van der Waals surface area contributed by atoms with Gasteiger partial charge in [0.25, 0.3) is 11.8 Å². The Hall–Kier alpha value is -2.64. The number of carbonyl (C=O) groups is 2. The van der Waals surface area contributed by atoms with E-state index in [0.29, 0.717) is 34.4 Å². The maximum absolute atomic E-state index is 13.0. The monoisotopic (exact) mass is 556 g/mol. The van der Waals surface area contributed by atoms with E-state index in [1.165, 1.54) is 0 Å². The molecule has 2 aliphatic heterocycles. The fraction of sp³-hybridized carbons (Fsp3) is 0.464. The standard InChI is InChI=1S/C28H34ClN4O4P/c1-36-26-23(27(34)30-10-13-32-14-16-37-17-15-32)6-7-25-24(26)19-38(31-25)18-20-8-11-33(12-9-20)28(35)21-2-4-22(29)5-3-21/h2-7,19-20H,8-18H2,1H3,(H,30,34). The van der Waals surface area contributed by atoms with Crippen LogP contribution in [0.1, 0.15) is 33.6 Å². The van der Waals surface area contributed by atoms with E-state index in [9.17, 15) is 9.59 Å². The Bertz CT molecular complexity index is 1270. The first-order valence-corrected chi connectivity index (χ1v) is 15.1. The predicted molar refractivity (Wildman–Crippen MR) is 151 cm³/mol. The number of rotatable bonds is 8. The summed E-state index contributed by atoms with van der Waals surface area (Å²) < 4.78 is 16.1. The van der Waals surface area contributed by atoms with Gasteiger partial charge in [0, 0.05) is 61.4 Å². The molecule has 10 heteroatoms. The van der Waals surface area contributed by atoms with Crippen molar-refractivity contribution in [3.05, 3.63) is 58.3 Å². The molecule has 1 aromatic heterocycles. The predicted octanol–water partition coefficient (Wildman–Crippen LogP) is 4.50. The van der Waals surface area contributed by atoms with Crippen LogP contribution in [0.3, 0.4) is 0 Å². The van der Waals surface area contributed by atoms with E-state index in [-0.39, 0.29) is 11.8 Å². The molecule has 0 spiro atoms. The molecule has 2 aromatic carbocycles. The van der Waals surface area contributed by atoms with Crippen molar-refractivity contribution >= 4 is 42.0 Å². The van der Waals surface area contributed by atoms with Crippen LogP contribution in [0.4, 0.5) is 0 Å². The molecular weight excluding hydrogens is 523 g/mol. The van der Waals surface area contributed by atoms with E-state index in [2.05, 4.69) is 16.0 Å². The van der Waals surface area contributed by atoms with Crippen LogP contribution in [0.5, 0.6) is 5.75 Å². The van der Waals surface area contributed by atoms with Crippen LogP contribution in [0, 0.1) is 5.92 Å². The highest BCUT2D eigenvalue weighted by atomic mass is 35.5. The van der Waals surface area contributed by atoms with Crippen molar-refractivity contribution in [3.8, 4) is 5.75 Å². The van der Waals surface area contributed by atoms with Gasteiger partial charge in [0.15, 0.2) is 0 Å². The van der Waals surface area contributed by atoms with Gasteiger partial charge in [0.1, 0.15) is 5.75 Å². The van der Waals surface area contributed by atoms with Crippen molar-refractivity contribution in [2.75, 3.05) is 59.6 Å². The number of methoxy groups -OCH3 is 1. The Balaban J connectivity index is 1.18. The second-order valence-electron chi connectivity index (χ2n) is 9.88. The second kappa shape index (κ2) is 12.5. The molecule has 2 fully saturated rings. The first-order chi connectivity index (χ1) is 18.5. The zero-order valence-corrected chi connectivity index (χ0v) is 23.3. The number of amides is 2. The van der Waals surface area contributed by atoms with Crippen molar-refractivity contribution in [3.63, 3.8) is 0 Å². The van der Waals surface area contributed by atoms with Crippen LogP contribution in [0.25, 0.3) is 10.9 Å². The molecule has 38 heavy (non-hydrogen) atoms. The van der Waals surface area contributed by atoms with Gasteiger partial charge < -0.3 is 19.7 Å². The summed E-state index contributed by atoms with van der Waals surface area (Å²) >= 11 is 5.96. The average Bonchev–Trinajstić information content (AvgIpc) is 3.36. The normalized spacial score (nSPS) is 17.5. The summed E-state index contributed by atoms with van der Waals surface area (Å²) in [5, 5.41) is 4.60. The van der Waals surface area contributed by atoms with Gasteiger partial charge in [0.05, 0.1) is 31.4 Å². The third-order valence-electron chi connectivity index (χ3n) is 7.39. The topological polar surface area (TPSA) is 84.0 Å².